The number of fused-ring (bicyclic) bond motifs is 3. The third-order valence-corrected chi connectivity index (χ3v) is 6.25. The lowest BCUT2D eigenvalue weighted by molar-refractivity contribution is -0.0478. The molecule has 3 aromatic rings. The summed E-state index contributed by atoms with van der Waals surface area (Å²) in [6.45, 7) is 2.06. The highest BCUT2D eigenvalue weighted by Crippen LogP contribution is 2.64. The largest absolute Gasteiger partial charge is 0.382 e. The predicted molar refractivity (Wildman–Crippen MR) is 106 cm³/mol. The van der Waals surface area contributed by atoms with Crippen LogP contribution < -0.4 is 5.06 Å². The van der Waals surface area contributed by atoms with E-state index in [9.17, 15) is 5.11 Å². The third-order valence-electron chi connectivity index (χ3n) is 6.25. The van der Waals surface area contributed by atoms with Crippen molar-refractivity contribution in [1.29, 1.82) is 0 Å². The lowest BCUT2D eigenvalue weighted by Gasteiger charge is -2.42. The first-order valence-electron chi connectivity index (χ1n) is 9.60. The van der Waals surface area contributed by atoms with E-state index in [1.165, 1.54) is 0 Å². The molecule has 0 spiro atoms. The van der Waals surface area contributed by atoms with Gasteiger partial charge in [-0.15, -0.1) is 0 Å². The summed E-state index contributed by atoms with van der Waals surface area (Å²) in [4.78, 5) is 6.53. The van der Waals surface area contributed by atoms with E-state index in [-0.39, 0.29) is 6.10 Å². The maximum atomic E-state index is 12.1. The van der Waals surface area contributed by atoms with Crippen LogP contribution in [0.2, 0.25) is 0 Å². The third kappa shape index (κ3) is 2.10. The summed E-state index contributed by atoms with van der Waals surface area (Å²) in [6.07, 6.45) is 1.21. The molecule has 2 aliphatic heterocycles. The van der Waals surface area contributed by atoms with Crippen LogP contribution >= 0.6 is 0 Å². The van der Waals surface area contributed by atoms with Gasteiger partial charge in [-0.05, 0) is 23.6 Å². The van der Waals surface area contributed by atoms with E-state index in [0.717, 1.165) is 22.4 Å². The van der Waals surface area contributed by atoms with Crippen molar-refractivity contribution in [2.75, 3.05) is 5.06 Å². The molecule has 3 aromatic carbocycles. The number of nitrogens with zero attached hydrogens (tertiary/aromatic N) is 1. The lowest BCUT2D eigenvalue weighted by atomic mass is 9.69. The molecule has 2 aliphatic rings. The molecule has 0 bridgehead atoms. The van der Waals surface area contributed by atoms with Crippen LogP contribution in [-0.4, -0.2) is 5.11 Å². The van der Waals surface area contributed by atoms with Gasteiger partial charge in [0.2, 0.25) is 0 Å². The molecule has 0 amide bonds. The van der Waals surface area contributed by atoms with Gasteiger partial charge in [0.05, 0.1) is 5.69 Å². The normalized spacial score (nSPS) is 28.8. The molecule has 0 aliphatic carbocycles. The summed E-state index contributed by atoms with van der Waals surface area (Å²) in [7, 11) is 0. The van der Waals surface area contributed by atoms with Crippen molar-refractivity contribution >= 4 is 5.69 Å². The van der Waals surface area contributed by atoms with E-state index in [0.29, 0.717) is 12.8 Å². The lowest BCUT2D eigenvalue weighted by Crippen LogP contribution is -2.51. The zero-order valence-electron chi connectivity index (χ0n) is 15.4. The molecule has 27 heavy (non-hydrogen) atoms. The number of aliphatic hydroxyl groups is 1. The molecule has 3 atom stereocenters. The van der Waals surface area contributed by atoms with Crippen LogP contribution in [0.4, 0.5) is 5.69 Å². The Labute approximate surface area is 159 Å². The summed E-state index contributed by atoms with van der Waals surface area (Å²) in [6, 6.07) is 28.7. The van der Waals surface area contributed by atoms with Crippen LogP contribution in [0.25, 0.3) is 0 Å². The molecular weight excluding hydrogens is 334 g/mol. The van der Waals surface area contributed by atoms with Crippen molar-refractivity contribution in [3.05, 3.63) is 102 Å². The first kappa shape index (κ1) is 16.5. The van der Waals surface area contributed by atoms with Crippen LogP contribution in [0.15, 0.2) is 84.9 Å². The molecule has 1 fully saturated rings. The SMILES string of the molecule is CC[C@]1(O)c2ccccc2N2O[C@H](c3ccccc3)C[C@]21c1ccccc1. The number of hydrogen-bond donors (Lipinski definition) is 1. The molecule has 3 nitrogen and oxygen atoms in total. The number of anilines is 1. The fraction of sp³-hybridized carbons (Fsp3) is 0.250. The van der Waals surface area contributed by atoms with Gasteiger partial charge in [0, 0.05) is 12.0 Å². The second-order valence-electron chi connectivity index (χ2n) is 7.46. The molecule has 0 saturated carbocycles. The number of rotatable bonds is 3. The number of para-hydroxylation sites is 1. The fourth-order valence-electron chi connectivity index (χ4n) is 4.95. The summed E-state index contributed by atoms with van der Waals surface area (Å²) in [5, 5.41) is 14.1. The molecule has 1 N–H and O–H groups in total. The molecule has 0 aromatic heterocycles. The maximum Gasteiger partial charge on any atom is 0.128 e. The summed E-state index contributed by atoms with van der Waals surface area (Å²) < 4.78 is 0. The van der Waals surface area contributed by atoms with Gasteiger partial charge in [0.1, 0.15) is 17.2 Å². The predicted octanol–water partition coefficient (Wildman–Crippen LogP) is 5.08. The Kier molecular flexibility index (Phi) is 3.64. The van der Waals surface area contributed by atoms with Gasteiger partial charge in [-0.25, -0.2) is 5.06 Å². The van der Waals surface area contributed by atoms with E-state index in [4.69, 9.17) is 4.84 Å². The Balaban J connectivity index is 1.74. The molecule has 0 radical (unpaired) electrons. The molecule has 136 valence electrons. The topological polar surface area (TPSA) is 32.7 Å². The molecule has 5 rings (SSSR count). The Morgan fingerprint density at radius 3 is 2.26 bits per heavy atom. The zero-order valence-corrected chi connectivity index (χ0v) is 15.4. The molecule has 3 heteroatoms. The van der Waals surface area contributed by atoms with Gasteiger partial charge < -0.3 is 5.11 Å². The van der Waals surface area contributed by atoms with Crippen LogP contribution in [-0.2, 0) is 16.0 Å². The number of benzene rings is 3. The van der Waals surface area contributed by atoms with Crippen LogP contribution in [0, 0.1) is 0 Å². The summed E-state index contributed by atoms with van der Waals surface area (Å²) in [5.74, 6) is 0. The van der Waals surface area contributed by atoms with Gasteiger partial charge in [-0.2, -0.15) is 0 Å². The highest BCUT2D eigenvalue weighted by Gasteiger charge is 2.66. The van der Waals surface area contributed by atoms with Crippen molar-refractivity contribution < 1.29 is 9.94 Å². The molecular formula is C24H23NO2. The van der Waals surface area contributed by atoms with Crippen molar-refractivity contribution in [3.8, 4) is 0 Å². The van der Waals surface area contributed by atoms with E-state index < -0.39 is 11.1 Å². The standard InChI is InChI=1S/C24H23NO2/c1-2-24(26)20-15-9-10-16-21(20)25-23(24,19-13-7-4-8-14-19)17-22(27-25)18-11-5-3-6-12-18/h3-16,22,26H,2,17H2,1H3/t22-,23+,24-/m0/s1. The van der Waals surface area contributed by atoms with Crippen molar-refractivity contribution in [1.82, 2.24) is 0 Å². The first-order chi connectivity index (χ1) is 13.2. The number of hydrogen-bond acceptors (Lipinski definition) is 3. The molecule has 2 heterocycles. The zero-order chi connectivity index (χ0) is 18.5. The minimum atomic E-state index is -1.02. The smallest absolute Gasteiger partial charge is 0.128 e. The van der Waals surface area contributed by atoms with Crippen LogP contribution in [0.5, 0.6) is 0 Å². The molecule has 1 saturated heterocycles. The minimum Gasteiger partial charge on any atom is -0.382 e. The van der Waals surface area contributed by atoms with Crippen molar-refractivity contribution in [2.45, 2.75) is 37.0 Å². The highest BCUT2D eigenvalue weighted by atomic mass is 16.7. The van der Waals surface area contributed by atoms with Crippen molar-refractivity contribution in [2.24, 2.45) is 0 Å². The Morgan fingerprint density at radius 1 is 0.926 bits per heavy atom. The van der Waals surface area contributed by atoms with E-state index in [2.05, 4.69) is 31.2 Å². The van der Waals surface area contributed by atoms with E-state index in [1.54, 1.807) is 0 Å². The average Bonchev–Trinajstić information content (AvgIpc) is 3.24. The Bertz CT molecular complexity index is 958. The monoisotopic (exact) mass is 357 g/mol. The maximum absolute atomic E-state index is 12.1. The van der Waals surface area contributed by atoms with Crippen LogP contribution in [0.1, 0.15) is 42.6 Å². The quantitative estimate of drug-likeness (QED) is 0.710. The van der Waals surface area contributed by atoms with Gasteiger partial charge in [0.15, 0.2) is 0 Å². The van der Waals surface area contributed by atoms with Gasteiger partial charge in [-0.1, -0.05) is 85.8 Å². The second kappa shape index (κ2) is 5.95. The molecule has 0 unspecified atom stereocenters. The minimum absolute atomic E-state index is 0.0992. The number of hydroxylamine groups is 1. The highest BCUT2D eigenvalue weighted by molar-refractivity contribution is 5.67. The van der Waals surface area contributed by atoms with Crippen LogP contribution in [0.3, 0.4) is 0 Å². The van der Waals surface area contributed by atoms with E-state index >= 15 is 0 Å². The van der Waals surface area contributed by atoms with Gasteiger partial charge >= 0.3 is 0 Å². The average molecular weight is 357 g/mol. The Hall–Kier alpha value is -2.62. The summed E-state index contributed by atoms with van der Waals surface area (Å²) >= 11 is 0. The van der Waals surface area contributed by atoms with E-state index in [1.807, 2.05) is 65.7 Å². The van der Waals surface area contributed by atoms with Crippen molar-refractivity contribution in [3.63, 3.8) is 0 Å². The fourth-order valence-corrected chi connectivity index (χ4v) is 4.95. The Morgan fingerprint density at radius 2 is 1.56 bits per heavy atom. The van der Waals surface area contributed by atoms with Gasteiger partial charge in [-0.3, -0.25) is 4.84 Å². The van der Waals surface area contributed by atoms with Gasteiger partial charge in [0.25, 0.3) is 0 Å². The second-order valence-corrected chi connectivity index (χ2v) is 7.46. The summed E-state index contributed by atoms with van der Waals surface area (Å²) in [5.41, 5.74) is 2.47. The first-order valence-corrected chi connectivity index (χ1v) is 9.60.